The molecule has 10 nitrogen and oxygen atoms in total. The first kappa shape index (κ1) is 31.6. The van der Waals surface area contributed by atoms with Crippen LogP contribution in [-0.2, 0) is 9.53 Å². The molecule has 2 atom stereocenters. The number of hydrogen-bond donors (Lipinski definition) is 3. The number of rotatable bonds is 12. The van der Waals surface area contributed by atoms with Crippen LogP contribution < -0.4 is 21.3 Å². The number of aryl methyl sites for hydroxylation is 1. The fraction of sp³-hybridized carbons (Fsp3) is 0.633. The van der Waals surface area contributed by atoms with Crippen LogP contribution in [0.1, 0.15) is 83.9 Å². The number of aromatic nitrogens is 2. The molecule has 3 heterocycles. The van der Waals surface area contributed by atoms with Crippen LogP contribution in [0.15, 0.2) is 46.1 Å². The molecule has 0 bridgehead atoms. The van der Waals surface area contributed by atoms with Crippen molar-refractivity contribution in [3.8, 4) is 0 Å². The zero-order chi connectivity index (χ0) is 28.9. The van der Waals surface area contributed by atoms with Crippen molar-refractivity contribution in [1.29, 1.82) is 0 Å². The second-order valence-corrected chi connectivity index (χ2v) is 10.9. The van der Waals surface area contributed by atoms with Crippen molar-refractivity contribution in [3.63, 3.8) is 0 Å². The minimum atomic E-state index is 0.00512. The maximum Gasteiger partial charge on any atom is 0.273 e. The lowest BCUT2D eigenvalue weighted by atomic mass is 9.93. The molecule has 2 aliphatic heterocycles. The Morgan fingerprint density at radius 2 is 1.90 bits per heavy atom. The lowest BCUT2D eigenvalue weighted by molar-refractivity contribution is -0.131. The van der Waals surface area contributed by atoms with Gasteiger partial charge < -0.3 is 19.4 Å². The highest BCUT2D eigenvalue weighted by atomic mass is 16.5. The number of anilines is 1. The molecule has 1 aromatic heterocycles. The minimum Gasteiger partial charge on any atom is -0.425 e. The average Bonchev–Trinajstić information content (AvgIpc) is 3.60. The lowest BCUT2D eigenvalue weighted by Crippen LogP contribution is -2.53. The van der Waals surface area contributed by atoms with Crippen molar-refractivity contribution in [3.05, 3.63) is 53.5 Å². The highest BCUT2D eigenvalue weighted by molar-refractivity contribution is 5.95. The summed E-state index contributed by atoms with van der Waals surface area (Å²) < 4.78 is 11.0. The molecule has 2 aliphatic rings. The normalized spacial score (nSPS) is 18.9. The van der Waals surface area contributed by atoms with Gasteiger partial charge in [0.25, 0.3) is 5.91 Å². The fourth-order valence-corrected chi connectivity index (χ4v) is 4.87. The number of methoxy groups -OCH3 is 1. The second-order valence-electron chi connectivity index (χ2n) is 10.9. The number of hydrazine groups is 2. The number of carbonyl (C=O) groups excluding carboxylic acids is 1. The summed E-state index contributed by atoms with van der Waals surface area (Å²) >= 11 is 0. The van der Waals surface area contributed by atoms with Gasteiger partial charge in [-0.3, -0.25) is 15.2 Å². The summed E-state index contributed by atoms with van der Waals surface area (Å²) in [4.78, 5) is 16.2. The van der Waals surface area contributed by atoms with E-state index in [0.717, 1.165) is 50.2 Å². The van der Waals surface area contributed by atoms with E-state index in [0.29, 0.717) is 36.5 Å². The smallest absolute Gasteiger partial charge is 0.273 e. The lowest BCUT2D eigenvalue weighted by Gasteiger charge is -2.38. The van der Waals surface area contributed by atoms with Crippen LogP contribution in [0, 0.1) is 12.8 Å². The molecule has 0 radical (unpaired) electrons. The Morgan fingerprint density at radius 1 is 1.15 bits per heavy atom. The fourth-order valence-electron chi connectivity index (χ4n) is 4.87. The van der Waals surface area contributed by atoms with Gasteiger partial charge in [0.15, 0.2) is 0 Å². The van der Waals surface area contributed by atoms with Gasteiger partial charge >= 0.3 is 0 Å². The van der Waals surface area contributed by atoms with Crippen molar-refractivity contribution < 1.29 is 13.9 Å². The number of unbranched alkanes of at least 4 members (excludes halogenated alkanes) is 2. The first-order chi connectivity index (χ1) is 19.4. The van der Waals surface area contributed by atoms with Gasteiger partial charge in [0, 0.05) is 46.3 Å². The number of carbonyl (C=O) groups is 1. The summed E-state index contributed by atoms with van der Waals surface area (Å²) in [6.07, 6.45) is 6.01. The van der Waals surface area contributed by atoms with Crippen molar-refractivity contribution in [2.45, 2.75) is 85.1 Å². The van der Waals surface area contributed by atoms with Crippen LogP contribution in [0.5, 0.6) is 0 Å². The van der Waals surface area contributed by atoms with Gasteiger partial charge in [-0.25, -0.2) is 0 Å². The number of hydrogen-bond acceptors (Lipinski definition) is 9. The number of nitrogens with zero attached hydrogens (tertiary/aromatic N) is 4. The third-order valence-electron chi connectivity index (χ3n) is 7.07. The van der Waals surface area contributed by atoms with Gasteiger partial charge in [0.05, 0.1) is 17.3 Å². The summed E-state index contributed by atoms with van der Waals surface area (Å²) in [5.41, 5.74) is 8.97. The predicted molar refractivity (Wildman–Crippen MR) is 158 cm³/mol. The molecule has 2 aromatic rings. The maximum absolute atomic E-state index is 14.1. The van der Waals surface area contributed by atoms with E-state index in [2.05, 4.69) is 54.2 Å². The molecule has 40 heavy (non-hydrogen) atoms. The van der Waals surface area contributed by atoms with E-state index in [4.69, 9.17) is 9.15 Å². The molecule has 2 unspecified atom stereocenters. The maximum atomic E-state index is 14.1. The van der Waals surface area contributed by atoms with E-state index in [9.17, 15) is 4.79 Å². The van der Waals surface area contributed by atoms with E-state index in [1.807, 2.05) is 40.2 Å². The zero-order valence-electron chi connectivity index (χ0n) is 25.2. The van der Waals surface area contributed by atoms with E-state index >= 15 is 0 Å². The molecule has 222 valence electrons. The van der Waals surface area contributed by atoms with E-state index in [1.54, 1.807) is 14.0 Å². The van der Waals surface area contributed by atoms with Crippen LogP contribution in [0.3, 0.4) is 0 Å². The Hall–Kier alpha value is -2.95. The van der Waals surface area contributed by atoms with Gasteiger partial charge in [-0.2, -0.15) is 0 Å². The molecule has 4 rings (SSSR count). The first-order valence-corrected chi connectivity index (χ1v) is 14.8. The summed E-state index contributed by atoms with van der Waals surface area (Å²) in [6.45, 7) is 13.3. The predicted octanol–water partition coefficient (Wildman–Crippen LogP) is 4.67. The molecule has 1 aromatic carbocycles. The van der Waals surface area contributed by atoms with Crippen molar-refractivity contribution in [2.24, 2.45) is 5.92 Å². The molecule has 1 saturated heterocycles. The number of allylic oxidation sites excluding steroid dienone is 1. The Morgan fingerprint density at radius 3 is 2.52 bits per heavy atom. The second kappa shape index (κ2) is 16.3. The molecule has 1 fully saturated rings. The van der Waals surface area contributed by atoms with Crippen LogP contribution in [0.4, 0.5) is 5.69 Å². The van der Waals surface area contributed by atoms with Crippen LogP contribution in [-0.4, -0.2) is 60.4 Å². The summed E-state index contributed by atoms with van der Waals surface area (Å²) in [5.74, 6) is 1.60. The number of benzene rings is 1. The Kier molecular flexibility index (Phi) is 12.9. The van der Waals surface area contributed by atoms with Crippen molar-refractivity contribution in [1.82, 2.24) is 31.4 Å². The minimum absolute atomic E-state index is 0.00512. The van der Waals surface area contributed by atoms with Crippen molar-refractivity contribution in [2.75, 3.05) is 38.4 Å². The molecule has 0 aliphatic carbocycles. The highest BCUT2D eigenvalue weighted by Crippen LogP contribution is 2.30. The van der Waals surface area contributed by atoms with Gasteiger partial charge in [-0.15, -0.1) is 15.7 Å². The number of para-hydroxylation sites is 1. The van der Waals surface area contributed by atoms with Crippen LogP contribution in [0.2, 0.25) is 0 Å². The molecule has 0 saturated carbocycles. The SMILES string of the molecule is CCCC.COCCCCC1=C(C(=O)N(CC(C)C)C2CNCC(c3nnc(C)o3)C2)NNN1c1ccccc1. The zero-order valence-corrected chi connectivity index (χ0v) is 25.2. The molecule has 1 amide bonds. The largest absolute Gasteiger partial charge is 0.425 e. The number of piperidine rings is 1. The monoisotopic (exact) mass is 555 g/mol. The summed E-state index contributed by atoms with van der Waals surface area (Å²) in [6, 6.07) is 10.1. The Balaban J connectivity index is 0.00000103. The van der Waals surface area contributed by atoms with E-state index in [1.165, 1.54) is 12.8 Å². The quantitative estimate of drug-likeness (QED) is 0.322. The average molecular weight is 556 g/mol. The van der Waals surface area contributed by atoms with Gasteiger partial charge in [0.1, 0.15) is 5.70 Å². The molecule has 0 spiro atoms. The van der Waals surface area contributed by atoms with Crippen LogP contribution in [0.25, 0.3) is 0 Å². The first-order valence-electron chi connectivity index (χ1n) is 14.8. The van der Waals surface area contributed by atoms with E-state index < -0.39 is 0 Å². The molecular formula is C30H49N7O3. The Bertz CT molecular complexity index is 1050. The van der Waals surface area contributed by atoms with Gasteiger partial charge in [-0.1, -0.05) is 58.7 Å². The number of amides is 1. The third kappa shape index (κ3) is 8.78. The highest BCUT2D eigenvalue weighted by Gasteiger charge is 2.37. The topological polar surface area (TPSA) is 108 Å². The molecule has 3 N–H and O–H groups in total. The van der Waals surface area contributed by atoms with Gasteiger partial charge in [-0.05, 0) is 43.7 Å². The summed E-state index contributed by atoms with van der Waals surface area (Å²) in [7, 11) is 1.72. The van der Waals surface area contributed by atoms with Crippen LogP contribution >= 0.6 is 0 Å². The molecule has 10 heteroatoms. The molecular weight excluding hydrogens is 506 g/mol. The third-order valence-corrected chi connectivity index (χ3v) is 7.07. The van der Waals surface area contributed by atoms with E-state index in [-0.39, 0.29) is 17.9 Å². The number of ether oxygens (including phenoxy) is 1. The van der Waals surface area contributed by atoms with Gasteiger partial charge in [0.2, 0.25) is 11.8 Å². The standard InChI is InChI=1S/C26H39N7O3.C4H10/c1-18(2)17-32(22-14-20(15-27-16-22)25-30-28-19(3)36-25)26(34)24-23(12-8-9-13-35-4)33(31-29-24)21-10-6-5-7-11-21;1-3-4-2/h5-7,10-11,18,20,22,27,29,31H,8-9,12-17H2,1-4H3;3-4H2,1-2H3. The number of nitrogens with one attached hydrogen (secondary N) is 3. The Labute approximate surface area is 239 Å². The summed E-state index contributed by atoms with van der Waals surface area (Å²) in [5, 5.41) is 13.7. The van der Waals surface area contributed by atoms with Crippen molar-refractivity contribution >= 4 is 11.6 Å².